The lowest BCUT2D eigenvalue weighted by molar-refractivity contribution is -0.145. The molecule has 1 N–H and O–H groups in total. The molecule has 5 unspecified atom stereocenters. The maximum absolute atomic E-state index is 12.4. The summed E-state index contributed by atoms with van der Waals surface area (Å²) < 4.78 is 10.7. The molecule has 3 aliphatic heterocycles. The predicted octanol–water partition coefficient (Wildman–Crippen LogP) is -0.238. The van der Waals surface area contributed by atoms with Crippen LogP contribution in [0.2, 0.25) is 0 Å². The van der Waals surface area contributed by atoms with Crippen molar-refractivity contribution in [3.05, 3.63) is 36.3 Å². The van der Waals surface area contributed by atoms with Crippen LogP contribution >= 0.6 is 0 Å². The molecule has 0 spiro atoms. The molecule has 2 fully saturated rings. The first-order chi connectivity index (χ1) is 10.5. The van der Waals surface area contributed by atoms with Gasteiger partial charge in [-0.25, -0.2) is 0 Å². The number of likely N-dealkylation sites (tertiary alicyclic amines) is 1. The fourth-order valence-corrected chi connectivity index (χ4v) is 3.65. The van der Waals surface area contributed by atoms with E-state index in [9.17, 15) is 19.5 Å². The van der Waals surface area contributed by atoms with E-state index in [4.69, 9.17) is 9.15 Å². The van der Waals surface area contributed by atoms with Crippen molar-refractivity contribution >= 4 is 17.6 Å². The zero-order valence-electron chi connectivity index (χ0n) is 11.6. The van der Waals surface area contributed by atoms with E-state index in [0.717, 1.165) is 4.90 Å². The van der Waals surface area contributed by atoms with Crippen molar-refractivity contribution in [3.63, 3.8) is 0 Å². The first-order valence-electron chi connectivity index (χ1n) is 6.92. The number of hydrogen-bond acceptors (Lipinski definition) is 6. The number of aliphatic hydroxyl groups excluding tert-OH is 1. The Kier molecular flexibility index (Phi) is 2.53. The van der Waals surface area contributed by atoms with Crippen molar-refractivity contribution in [2.24, 2.45) is 11.8 Å². The van der Waals surface area contributed by atoms with Gasteiger partial charge in [0.15, 0.2) is 11.9 Å². The van der Waals surface area contributed by atoms with Crippen LogP contribution in [0.3, 0.4) is 0 Å². The maximum Gasteiger partial charge on any atom is 0.236 e. The average Bonchev–Trinajstić information content (AvgIpc) is 3.27. The summed E-state index contributed by atoms with van der Waals surface area (Å²) in [6.07, 6.45) is 2.27. The molecule has 1 aromatic heterocycles. The second kappa shape index (κ2) is 4.15. The Morgan fingerprint density at radius 3 is 2.86 bits per heavy atom. The van der Waals surface area contributed by atoms with Crippen molar-refractivity contribution in [2.45, 2.75) is 17.8 Å². The number of imide groups is 1. The minimum atomic E-state index is -1.61. The average molecular weight is 303 g/mol. The van der Waals surface area contributed by atoms with E-state index in [1.54, 1.807) is 6.08 Å². The fourth-order valence-electron chi connectivity index (χ4n) is 3.65. The van der Waals surface area contributed by atoms with Crippen LogP contribution in [0.5, 0.6) is 0 Å². The summed E-state index contributed by atoms with van der Waals surface area (Å²) in [6, 6.07) is 2.96. The van der Waals surface area contributed by atoms with Gasteiger partial charge in [-0.1, -0.05) is 12.2 Å². The third kappa shape index (κ3) is 1.39. The van der Waals surface area contributed by atoms with Gasteiger partial charge in [-0.05, 0) is 12.1 Å². The molecule has 2 saturated heterocycles. The van der Waals surface area contributed by atoms with Gasteiger partial charge in [-0.2, -0.15) is 0 Å². The number of carbonyl (C=O) groups is 3. The van der Waals surface area contributed by atoms with E-state index >= 15 is 0 Å². The molecule has 0 aliphatic carbocycles. The lowest BCUT2D eigenvalue weighted by Crippen LogP contribution is -2.52. The van der Waals surface area contributed by atoms with Gasteiger partial charge in [0.25, 0.3) is 0 Å². The van der Waals surface area contributed by atoms with Crippen LogP contribution in [0.4, 0.5) is 0 Å². The largest absolute Gasteiger partial charge is 0.461 e. The Labute approximate surface area is 125 Å². The molecule has 5 atom stereocenters. The minimum absolute atomic E-state index is 0.0177. The van der Waals surface area contributed by atoms with E-state index in [0.29, 0.717) is 0 Å². The van der Waals surface area contributed by atoms with Crippen molar-refractivity contribution in [2.75, 3.05) is 7.05 Å². The number of rotatable bonds is 3. The number of Topliss-reactive ketones (excluding diaryl/α,β-unsaturated/α-hetero) is 1. The summed E-state index contributed by atoms with van der Waals surface area (Å²) in [5, 5.41) is 10.5. The van der Waals surface area contributed by atoms with Crippen molar-refractivity contribution in [1.29, 1.82) is 0 Å². The van der Waals surface area contributed by atoms with Crippen LogP contribution < -0.4 is 0 Å². The summed E-state index contributed by atoms with van der Waals surface area (Å²) in [4.78, 5) is 37.9. The molecule has 4 heterocycles. The van der Waals surface area contributed by atoms with Gasteiger partial charge >= 0.3 is 0 Å². The number of fused-ring (bicyclic) bond motifs is 5. The molecule has 22 heavy (non-hydrogen) atoms. The molecule has 4 rings (SSSR count). The van der Waals surface area contributed by atoms with Crippen LogP contribution in [-0.2, 0) is 14.3 Å². The molecule has 0 radical (unpaired) electrons. The first-order valence-corrected chi connectivity index (χ1v) is 6.92. The summed E-state index contributed by atoms with van der Waals surface area (Å²) in [6.45, 7) is 0. The smallest absolute Gasteiger partial charge is 0.236 e. The zero-order valence-corrected chi connectivity index (χ0v) is 11.6. The maximum atomic E-state index is 12.4. The number of amides is 2. The second-order valence-corrected chi connectivity index (χ2v) is 5.78. The zero-order chi connectivity index (χ0) is 15.6. The lowest BCUT2D eigenvalue weighted by atomic mass is 9.73. The molecule has 2 amide bonds. The van der Waals surface area contributed by atoms with Gasteiger partial charge < -0.3 is 14.3 Å². The van der Waals surface area contributed by atoms with Gasteiger partial charge in [0.2, 0.25) is 17.6 Å². The van der Waals surface area contributed by atoms with Crippen molar-refractivity contribution in [3.8, 4) is 0 Å². The minimum Gasteiger partial charge on any atom is -0.461 e. The quantitative estimate of drug-likeness (QED) is 0.470. The predicted molar refractivity (Wildman–Crippen MR) is 70.5 cm³/mol. The molecule has 0 aromatic carbocycles. The van der Waals surface area contributed by atoms with Gasteiger partial charge in [-0.3, -0.25) is 19.3 Å². The highest BCUT2D eigenvalue weighted by Gasteiger charge is 2.70. The van der Waals surface area contributed by atoms with E-state index in [1.807, 2.05) is 0 Å². The summed E-state index contributed by atoms with van der Waals surface area (Å²) >= 11 is 0. The number of ether oxygens (including phenoxy) is 1. The number of furan rings is 1. The Hall–Kier alpha value is -2.25. The summed E-state index contributed by atoms with van der Waals surface area (Å²) in [5.74, 6) is -3.03. The Morgan fingerprint density at radius 1 is 1.41 bits per heavy atom. The van der Waals surface area contributed by atoms with Crippen molar-refractivity contribution in [1.82, 2.24) is 4.90 Å². The second-order valence-electron chi connectivity index (χ2n) is 5.78. The molecule has 114 valence electrons. The normalized spacial score (nSPS) is 37.0. The number of ketones is 1. The molecule has 7 heteroatoms. The molecule has 1 aromatic rings. The van der Waals surface area contributed by atoms with Gasteiger partial charge in [0.05, 0.1) is 24.2 Å². The fraction of sp³-hybridized carbons (Fsp3) is 0.400. The van der Waals surface area contributed by atoms with Crippen LogP contribution in [-0.4, -0.2) is 52.5 Å². The summed E-state index contributed by atoms with van der Waals surface area (Å²) in [7, 11) is 1.40. The Bertz CT molecular complexity index is 708. The molecule has 3 aliphatic rings. The summed E-state index contributed by atoms with van der Waals surface area (Å²) in [5.41, 5.74) is -1.50. The van der Waals surface area contributed by atoms with Gasteiger partial charge in [-0.15, -0.1) is 0 Å². The number of aliphatic hydroxyl groups is 1. The third-order valence-corrected chi connectivity index (χ3v) is 4.74. The van der Waals surface area contributed by atoms with Crippen molar-refractivity contribution < 1.29 is 28.6 Å². The van der Waals surface area contributed by atoms with Crippen LogP contribution in [0.1, 0.15) is 10.6 Å². The van der Waals surface area contributed by atoms with E-state index in [2.05, 4.69) is 0 Å². The molecule has 2 bridgehead atoms. The topological polar surface area (TPSA) is 97.1 Å². The van der Waals surface area contributed by atoms with Crippen LogP contribution in [0.25, 0.3) is 0 Å². The molecule has 0 saturated carbocycles. The number of nitrogens with zero attached hydrogens (tertiary/aromatic N) is 1. The highest BCUT2D eigenvalue weighted by molar-refractivity contribution is 6.08. The van der Waals surface area contributed by atoms with E-state index in [1.165, 1.54) is 31.5 Å². The highest BCUT2D eigenvalue weighted by Crippen LogP contribution is 2.53. The van der Waals surface area contributed by atoms with E-state index < -0.39 is 41.3 Å². The third-order valence-electron chi connectivity index (χ3n) is 4.74. The SMILES string of the molecule is CN1C(=O)C2C3C=CC(C(O)C(=O)c4ccco4)(O3)C2C1=O. The number of carbonyl (C=O) groups excluding carboxylic acids is 3. The number of hydrogen-bond donors (Lipinski definition) is 1. The van der Waals surface area contributed by atoms with Crippen LogP contribution in [0.15, 0.2) is 35.0 Å². The Balaban J connectivity index is 1.75. The monoisotopic (exact) mass is 303 g/mol. The molecular weight excluding hydrogens is 290 g/mol. The standard InChI is InChI=1S/C15H13NO6/c1-16-13(19)9-7-4-5-15(22-7,10(9)14(16)20)12(18)11(17)8-3-2-6-21-8/h2-7,9-10,12,18H,1H3. The van der Waals surface area contributed by atoms with E-state index in [-0.39, 0.29) is 11.7 Å². The molecular formula is C15H13NO6. The first kappa shape index (κ1) is 13.4. The molecule has 7 nitrogen and oxygen atoms in total. The van der Waals surface area contributed by atoms with Gasteiger partial charge in [0.1, 0.15) is 5.60 Å². The van der Waals surface area contributed by atoms with Crippen LogP contribution in [0, 0.1) is 11.8 Å². The Morgan fingerprint density at radius 2 is 2.18 bits per heavy atom. The highest BCUT2D eigenvalue weighted by atomic mass is 16.5. The van der Waals surface area contributed by atoms with Gasteiger partial charge in [0, 0.05) is 7.05 Å². The lowest BCUT2D eigenvalue weighted by Gasteiger charge is -2.31.